The van der Waals surface area contributed by atoms with Crippen LogP contribution < -0.4 is 10.9 Å². The Hall–Kier alpha value is -0.915. The third-order valence-electron chi connectivity index (χ3n) is 3.30. The van der Waals surface area contributed by atoms with Crippen LogP contribution in [0.5, 0.6) is 0 Å². The number of rotatable bonds is 2. The molecule has 7 heteroatoms. The molecule has 0 atom stereocenters. The van der Waals surface area contributed by atoms with Crippen LogP contribution in [0.15, 0.2) is 5.38 Å². The quantitative estimate of drug-likeness (QED) is 0.824. The van der Waals surface area contributed by atoms with Gasteiger partial charge in [-0.2, -0.15) is 0 Å². The highest BCUT2D eigenvalue weighted by Crippen LogP contribution is 2.36. The third-order valence-corrected chi connectivity index (χ3v) is 4.08. The summed E-state index contributed by atoms with van der Waals surface area (Å²) in [5.41, 5.74) is -0.0624. The molecule has 2 rings (SSSR count). The molecule has 98 valence electrons. The van der Waals surface area contributed by atoms with Gasteiger partial charge in [-0.1, -0.05) is 0 Å². The Balaban J connectivity index is 2.15. The Morgan fingerprint density at radius 1 is 1.33 bits per heavy atom. The second-order valence-electron chi connectivity index (χ2n) is 5.35. The van der Waals surface area contributed by atoms with E-state index in [2.05, 4.69) is 10.3 Å². The van der Waals surface area contributed by atoms with Crippen LogP contribution in [0.3, 0.4) is 0 Å². The Morgan fingerprint density at radius 2 is 1.89 bits per heavy atom. The maximum atomic E-state index is 10.9. The van der Waals surface area contributed by atoms with E-state index in [0.717, 1.165) is 0 Å². The topological polar surface area (TPSA) is 60.5 Å². The fourth-order valence-electron chi connectivity index (χ4n) is 1.57. The van der Waals surface area contributed by atoms with E-state index in [1.807, 2.05) is 33.1 Å². The number of amides is 1. The van der Waals surface area contributed by atoms with E-state index in [1.165, 1.54) is 18.3 Å². The highest BCUT2D eigenvalue weighted by atomic mass is 32.1. The van der Waals surface area contributed by atoms with Gasteiger partial charge in [-0.25, -0.2) is 4.98 Å². The van der Waals surface area contributed by atoms with Crippen molar-refractivity contribution in [2.45, 2.75) is 45.8 Å². The standard InChI is InChI=1S/C11H17BN2O3S/c1-7(15)13-9-14-8(6-18-9)12-16-10(2,3)11(4,5)17-12/h6H,1-5H3,(H,13,14,15). The summed E-state index contributed by atoms with van der Waals surface area (Å²) >= 11 is 1.36. The van der Waals surface area contributed by atoms with Gasteiger partial charge in [0.15, 0.2) is 5.13 Å². The van der Waals surface area contributed by atoms with Crippen molar-refractivity contribution >= 4 is 35.1 Å². The molecule has 0 radical (unpaired) electrons. The van der Waals surface area contributed by atoms with Gasteiger partial charge in [-0.15, -0.1) is 11.3 Å². The Kier molecular flexibility index (Phi) is 3.25. The second kappa shape index (κ2) is 4.33. The van der Waals surface area contributed by atoms with Gasteiger partial charge >= 0.3 is 7.12 Å². The molecule has 0 bridgehead atoms. The van der Waals surface area contributed by atoms with Crippen molar-refractivity contribution in [3.8, 4) is 0 Å². The van der Waals surface area contributed by atoms with Gasteiger partial charge in [0, 0.05) is 12.3 Å². The molecule has 1 aliphatic heterocycles. The van der Waals surface area contributed by atoms with Crippen LogP contribution in [0.25, 0.3) is 0 Å². The van der Waals surface area contributed by atoms with Crippen LogP contribution in [0.1, 0.15) is 34.6 Å². The van der Waals surface area contributed by atoms with Crippen LogP contribution in [0.4, 0.5) is 5.13 Å². The van der Waals surface area contributed by atoms with Crippen molar-refractivity contribution in [1.29, 1.82) is 0 Å². The molecule has 0 aliphatic carbocycles. The van der Waals surface area contributed by atoms with Gasteiger partial charge < -0.3 is 14.6 Å². The molecule has 1 fully saturated rings. The third kappa shape index (κ3) is 2.43. The molecule has 0 aromatic carbocycles. The zero-order valence-electron chi connectivity index (χ0n) is 11.2. The first-order valence-electron chi connectivity index (χ1n) is 5.80. The highest BCUT2D eigenvalue weighted by Gasteiger charge is 2.52. The summed E-state index contributed by atoms with van der Waals surface area (Å²) in [6.45, 7) is 9.43. The fraction of sp³-hybridized carbons (Fsp3) is 0.636. The monoisotopic (exact) mass is 268 g/mol. The fourth-order valence-corrected chi connectivity index (χ4v) is 2.32. The zero-order valence-corrected chi connectivity index (χ0v) is 12.1. The first-order valence-corrected chi connectivity index (χ1v) is 6.68. The molecule has 1 aromatic heterocycles. The SMILES string of the molecule is CC(=O)Nc1nc(B2OC(C)(C)C(C)(C)O2)cs1. The molecule has 1 amide bonds. The molecule has 2 heterocycles. The molecule has 1 aliphatic rings. The van der Waals surface area contributed by atoms with Crippen molar-refractivity contribution in [2.75, 3.05) is 5.32 Å². The minimum atomic E-state index is -0.478. The summed E-state index contributed by atoms with van der Waals surface area (Å²) in [6.07, 6.45) is 0. The largest absolute Gasteiger partial charge is 0.515 e. The van der Waals surface area contributed by atoms with Gasteiger partial charge in [-0.3, -0.25) is 4.79 Å². The number of carbonyl (C=O) groups excluding carboxylic acids is 1. The minimum absolute atomic E-state index is 0.134. The molecule has 18 heavy (non-hydrogen) atoms. The van der Waals surface area contributed by atoms with Crippen LogP contribution in [-0.2, 0) is 14.1 Å². The Morgan fingerprint density at radius 3 is 2.39 bits per heavy atom. The first-order chi connectivity index (χ1) is 8.21. The lowest BCUT2D eigenvalue weighted by Crippen LogP contribution is -2.41. The van der Waals surface area contributed by atoms with E-state index in [0.29, 0.717) is 10.7 Å². The number of nitrogens with zero attached hydrogens (tertiary/aromatic N) is 1. The number of thiazole rings is 1. The van der Waals surface area contributed by atoms with Crippen molar-refractivity contribution in [1.82, 2.24) is 4.98 Å². The van der Waals surface area contributed by atoms with E-state index in [9.17, 15) is 4.79 Å². The lowest BCUT2D eigenvalue weighted by Gasteiger charge is -2.32. The van der Waals surface area contributed by atoms with Crippen LogP contribution in [0.2, 0.25) is 0 Å². The van der Waals surface area contributed by atoms with E-state index in [4.69, 9.17) is 9.31 Å². The maximum Gasteiger partial charge on any atom is 0.515 e. The Labute approximate surface area is 111 Å². The average molecular weight is 268 g/mol. The van der Waals surface area contributed by atoms with Crippen molar-refractivity contribution < 1.29 is 14.1 Å². The number of hydrogen-bond acceptors (Lipinski definition) is 5. The lowest BCUT2D eigenvalue weighted by atomic mass is 9.86. The predicted molar refractivity (Wildman–Crippen MR) is 72.1 cm³/mol. The van der Waals surface area contributed by atoms with E-state index in [1.54, 1.807) is 0 Å². The van der Waals surface area contributed by atoms with E-state index in [-0.39, 0.29) is 17.1 Å². The normalized spacial score (nSPS) is 21.1. The Bertz CT molecular complexity index is 457. The maximum absolute atomic E-state index is 10.9. The number of hydrogen-bond donors (Lipinski definition) is 1. The summed E-state index contributed by atoms with van der Waals surface area (Å²) in [4.78, 5) is 15.2. The molecule has 0 spiro atoms. The van der Waals surface area contributed by atoms with Gasteiger partial charge in [0.1, 0.15) is 0 Å². The molecule has 0 unspecified atom stereocenters. The highest BCUT2D eigenvalue weighted by molar-refractivity contribution is 7.14. The minimum Gasteiger partial charge on any atom is -0.398 e. The molecule has 1 saturated heterocycles. The number of anilines is 1. The molecular formula is C11H17BN2O3S. The number of aromatic nitrogens is 1. The van der Waals surface area contributed by atoms with Crippen molar-refractivity contribution in [3.63, 3.8) is 0 Å². The van der Waals surface area contributed by atoms with Crippen molar-refractivity contribution in [2.24, 2.45) is 0 Å². The summed E-state index contributed by atoms with van der Waals surface area (Å²) in [5.74, 6) is -0.134. The van der Waals surface area contributed by atoms with Crippen LogP contribution in [-0.4, -0.2) is 29.2 Å². The zero-order chi connectivity index (χ0) is 13.6. The van der Waals surface area contributed by atoms with Crippen LogP contribution in [0, 0.1) is 0 Å². The molecule has 0 saturated carbocycles. The van der Waals surface area contributed by atoms with Gasteiger partial charge in [0.05, 0.1) is 16.8 Å². The summed E-state index contributed by atoms with van der Waals surface area (Å²) in [6, 6.07) is 0. The van der Waals surface area contributed by atoms with E-state index < -0.39 is 7.12 Å². The number of nitrogens with one attached hydrogen (secondary N) is 1. The second-order valence-corrected chi connectivity index (χ2v) is 6.21. The van der Waals surface area contributed by atoms with Gasteiger partial charge in [-0.05, 0) is 27.7 Å². The average Bonchev–Trinajstić information content (AvgIpc) is 2.70. The van der Waals surface area contributed by atoms with Gasteiger partial charge in [0.25, 0.3) is 0 Å². The first kappa shape index (κ1) is 13.5. The molecule has 5 nitrogen and oxygen atoms in total. The van der Waals surface area contributed by atoms with Crippen molar-refractivity contribution in [3.05, 3.63) is 5.38 Å². The van der Waals surface area contributed by atoms with Crippen LogP contribution >= 0.6 is 11.3 Å². The molecular weight excluding hydrogens is 251 g/mol. The predicted octanol–water partition coefficient (Wildman–Crippen LogP) is 1.40. The summed E-state index contributed by atoms with van der Waals surface area (Å²) < 4.78 is 11.8. The number of carbonyl (C=O) groups is 1. The lowest BCUT2D eigenvalue weighted by molar-refractivity contribution is -0.114. The summed E-state index contributed by atoms with van der Waals surface area (Å²) in [7, 11) is -0.478. The van der Waals surface area contributed by atoms with Gasteiger partial charge in [0.2, 0.25) is 5.91 Å². The van der Waals surface area contributed by atoms with E-state index >= 15 is 0 Å². The smallest absolute Gasteiger partial charge is 0.398 e. The molecule has 1 aromatic rings. The summed E-state index contributed by atoms with van der Waals surface area (Å²) in [5, 5.41) is 5.05. The molecule has 1 N–H and O–H groups in total.